The van der Waals surface area contributed by atoms with Gasteiger partial charge in [-0.1, -0.05) is 6.07 Å². The number of carbonyl (C=O) groups excluding carboxylic acids is 1. The molecule has 0 fully saturated rings. The SMILES string of the molecule is COCC(CCO)NC(=O)COc1cc(C)cc(C)c1. The Kier molecular flexibility index (Phi) is 7.04. The highest BCUT2D eigenvalue weighted by Crippen LogP contribution is 2.15. The van der Waals surface area contributed by atoms with E-state index in [-0.39, 0.29) is 25.2 Å². The molecule has 0 heterocycles. The van der Waals surface area contributed by atoms with E-state index in [2.05, 4.69) is 5.32 Å². The number of hydrogen-bond acceptors (Lipinski definition) is 4. The van der Waals surface area contributed by atoms with Crippen LogP contribution >= 0.6 is 0 Å². The highest BCUT2D eigenvalue weighted by atomic mass is 16.5. The largest absolute Gasteiger partial charge is 0.484 e. The van der Waals surface area contributed by atoms with Gasteiger partial charge in [-0.3, -0.25) is 4.79 Å². The summed E-state index contributed by atoms with van der Waals surface area (Å²) in [5.74, 6) is 0.461. The molecule has 1 aromatic carbocycles. The van der Waals surface area contributed by atoms with Crippen molar-refractivity contribution < 1.29 is 19.4 Å². The lowest BCUT2D eigenvalue weighted by Crippen LogP contribution is -2.41. The van der Waals surface area contributed by atoms with Crippen LogP contribution < -0.4 is 10.1 Å². The molecule has 20 heavy (non-hydrogen) atoms. The molecule has 1 aromatic rings. The fourth-order valence-electron chi connectivity index (χ4n) is 1.99. The molecule has 1 amide bonds. The summed E-state index contributed by atoms with van der Waals surface area (Å²) in [4.78, 5) is 11.8. The monoisotopic (exact) mass is 281 g/mol. The average Bonchev–Trinajstić information content (AvgIpc) is 2.36. The van der Waals surface area contributed by atoms with Gasteiger partial charge < -0.3 is 19.9 Å². The maximum Gasteiger partial charge on any atom is 0.258 e. The zero-order valence-electron chi connectivity index (χ0n) is 12.3. The third kappa shape index (κ3) is 6.04. The van der Waals surface area contributed by atoms with Gasteiger partial charge >= 0.3 is 0 Å². The summed E-state index contributed by atoms with van der Waals surface area (Å²) in [6, 6.07) is 5.63. The highest BCUT2D eigenvalue weighted by molar-refractivity contribution is 5.77. The summed E-state index contributed by atoms with van der Waals surface area (Å²) in [5.41, 5.74) is 2.19. The Morgan fingerprint density at radius 2 is 1.95 bits per heavy atom. The highest BCUT2D eigenvalue weighted by Gasteiger charge is 2.12. The molecule has 1 rings (SSSR count). The predicted molar refractivity (Wildman–Crippen MR) is 76.9 cm³/mol. The van der Waals surface area contributed by atoms with Crippen molar-refractivity contribution in [3.63, 3.8) is 0 Å². The number of aliphatic hydroxyl groups excluding tert-OH is 1. The van der Waals surface area contributed by atoms with Crippen LogP contribution in [0.4, 0.5) is 0 Å². The molecule has 0 bridgehead atoms. The van der Waals surface area contributed by atoms with Gasteiger partial charge in [0.1, 0.15) is 5.75 Å². The molecule has 5 heteroatoms. The molecule has 0 aliphatic rings. The molecule has 0 aliphatic heterocycles. The van der Waals surface area contributed by atoms with E-state index in [1.54, 1.807) is 7.11 Å². The third-order valence-corrected chi connectivity index (χ3v) is 2.78. The van der Waals surface area contributed by atoms with Crippen LogP contribution in [0.15, 0.2) is 18.2 Å². The molecular weight excluding hydrogens is 258 g/mol. The van der Waals surface area contributed by atoms with Gasteiger partial charge in [-0.15, -0.1) is 0 Å². The summed E-state index contributed by atoms with van der Waals surface area (Å²) in [6.07, 6.45) is 0.461. The summed E-state index contributed by atoms with van der Waals surface area (Å²) < 4.78 is 10.5. The van der Waals surface area contributed by atoms with Gasteiger partial charge in [0.25, 0.3) is 5.91 Å². The Bertz CT molecular complexity index is 408. The first-order valence-corrected chi connectivity index (χ1v) is 6.65. The van der Waals surface area contributed by atoms with Crippen molar-refractivity contribution in [2.75, 3.05) is 26.9 Å². The number of amides is 1. The lowest BCUT2D eigenvalue weighted by Gasteiger charge is -2.17. The second kappa shape index (κ2) is 8.55. The molecule has 0 saturated heterocycles. The molecule has 0 spiro atoms. The van der Waals surface area contributed by atoms with Crippen LogP contribution in [0.3, 0.4) is 0 Å². The van der Waals surface area contributed by atoms with E-state index in [4.69, 9.17) is 14.6 Å². The van der Waals surface area contributed by atoms with Gasteiger partial charge in [-0.2, -0.15) is 0 Å². The lowest BCUT2D eigenvalue weighted by atomic mass is 10.1. The first-order valence-electron chi connectivity index (χ1n) is 6.65. The minimum Gasteiger partial charge on any atom is -0.484 e. The van der Waals surface area contributed by atoms with Crippen LogP contribution in [0.2, 0.25) is 0 Å². The van der Waals surface area contributed by atoms with Gasteiger partial charge in [0, 0.05) is 13.7 Å². The molecule has 2 N–H and O–H groups in total. The molecule has 0 radical (unpaired) electrons. The smallest absolute Gasteiger partial charge is 0.258 e. The molecule has 112 valence electrons. The van der Waals surface area contributed by atoms with E-state index >= 15 is 0 Å². The number of carbonyl (C=O) groups is 1. The average molecular weight is 281 g/mol. The van der Waals surface area contributed by atoms with E-state index in [0.717, 1.165) is 11.1 Å². The van der Waals surface area contributed by atoms with Crippen LogP contribution in [-0.2, 0) is 9.53 Å². The van der Waals surface area contributed by atoms with Crippen LogP contribution in [0.5, 0.6) is 5.75 Å². The second-order valence-electron chi connectivity index (χ2n) is 4.84. The Morgan fingerprint density at radius 1 is 1.30 bits per heavy atom. The number of hydrogen-bond donors (Lipinski definition) is 2. The quantitative estimate of drug-likeness (QED) is 0.751. The van der Waals surface area contributed by atoms with Gasteiger partial charge in [0.2, 0.25) is 0 Å². The lowest BCUT2D eigenvalue weighted by molar-refractivity contribution is -0.124. The molecule has 0 saturated carbocycles. The Morgan fingerprint density at radius 3 is 2.50 bits per heavy atom. The first-order chi connectivity index (χ1) is 9.55. The van der Waals surface area contributed by atoms with Crippen molar-refractivity contribution in [2.45, 2.75) is 26.3 Å². The number of aliphatic hydroxyl groups is 1. The van der Waals surface area contributed by atoms with Gasteiger partial charge in [0.15, 0.2) is 6.61 Å². The molecule has 0 aliphatic carbocycles. The minimum atomic E-state index is -0.223. The van der Waals surface area contributed by atoms with Crippen molar-refractivity contribution in [2.24, 2.45) is 0 Å². The fraction of sp³-hybridized carbons (Fsp3) is 0.533. The van der Waals surface area contributed by atoms with Gasteiger partial charge in [-0.05, 0) is 43.5 Å². The van der Waals surface area contributed by atoms with Crippen LogP contribution in [0.1, 0.15) is 17.5 Å². The molecule has 0 aromatic heterocycles. The number of methoxy groups -OCH3 is 1. The van der Waals surface area contributed by atoms with Crippen LogP contribution in [-0.4, -0.2) is 44.0 Å². The van der Waals surface area contributed by atoms with Crippen molar-refractivity contribution >= 4 is 5.91 Å². The van der Waals surface area contributed by atoms with E-state index in [0.29, 0.717) is 18.8 Å². The van der Waals surface area contributed by atoms with Crippen LogP contribution in [0.25, 0.3) is 0 Å². The Balaban J connectivity index is 2.45. The van der Waals surface area contributed by atoms with Crippen molar-refractivity contribution in [1.29, 1.82) is 0 Å². The fourth-order valence-corrected chi connectivity index (χ4v) is 1.99. The van der Waals surface area contributed by atoms with E-state index in [1.807, 2.05) is 32.0 Å². The van der Waals surface area contributed by atoms with Crippen molar-refractivity contribution in [3.8, 4) is 5.75 Å². The zero-order chi connectivity index (χ0) is 15.0. The standard InChI is InChI=1S/C15H23NO4/c1-11-6-12(2)8-14(7-11)20-10-15(18)16-13(4-5-17)9-19-3/h6-8,13,17H,4-5,9-10H2,1-3H3,(H,16,18). The summed E-state index contributed by atoms with van der Waals surface area (Å²) in [5, 5.41) is 11.7. The van der Waals surface area contributed by atoms with E-state index in [9.17, 15) is 4.79 Å². The number of benzene rings is 1. The minimum absolute atomic E-state index is 0.00619. The molecule has 1 atom stereocenters. The third-order valence-electron chi connectivity index (χ3n) is 2.78. The summed E-state index contributed by atoms with van der Waals surface area (Å²) in [7, 11) is 1.56. The number of nitrogens with one attached hydrogen (secondary N) is 1. The molecule has 1 unspecified atom stereocenters. The van der Waals surface area contributed by atoms with Gasteiger partial charge in [-0.25, -0.2) is 0 Å². The van der Waals surface area contributed by atoms with Crippen LogP contribution in [0, 0.1) is 13.8 Å². The first kappa shape index (κ1) is 16.5. The van der Waals surface area contributed by atoms with Gasteiger partial charge in [0.05, 0.1) is 12.6 Å². The maximum atomic E-state index is 11.8. The second-order valence-corrected chi connectivity index (χ2v) is 4.84. The number of rotatable bonds is 8. The van der Waals surface area contributed by atoms with Crippen molar-refractivity contribution in [3.05, 3.63) is 29.3 Å². The molecular formula is C15H23NO4. The topological polar surface area (TPSA) is 67.8 Å². The summed E-state index contributed by atoms with van der Waals surface area (Å²) >= 11 is 0. The number of ether oxygens (including phenoxy) is 2. The summed E-state index contributed by atoms with van der Waals surface area (Å²) in [6.45, 7) is 4.29. The molecule has 5 nitrogen and oxygen atoms in total. The Hall–Kier alpha value is -1.59. The van der Waals surface area contributed by atoms with E-state index in [1.165, 1.54) is 0 Å². The zero-order valence-corrected chi connectivity index (χ0v) is 12.3. The predicted octanol–water partition coefficient (Wildman–Crippen LogP) is 1.20. The van der Waals surface area contributed by atoms with E-state index < -0.39 is 0 Å². The maximum absolute atomic E-state index is 11.8. The van der Waals surface area contributed by atoms with Crippen molar-refractivity contribution in [1.82, 2.24) is 5.32 Å². The normalized spacial score (nSPS) is 12.0. The Labute approximate surface area is 119 Å². The number of aryl methyl sites for hydroxylation is 2.